The van der Waals surface area contributed by atoms with Crippen LogP contribution in [0.5, 0.6) is 11.5 Å². The molecule has 0 amide bonds. The van der Waals surface area contributed by atoms with Crippen LogP contribution in [-0.2, 0) is 0 Å². The summed E-state index contributed by atoms with van der Waals surface area (Å²) in [6, 6.07) is 12.3. The number of aromatic nitrogens is 2. The molecule has 0 radical (unpaired) electrons. The Morgan fingerprint density at radius 2 is 1.59 bits per heavy atom. The smallest absolute Gasteiger partial charge is 0.353 e. The lowest BCUT2D eigenvalue weighted by atomic mass is 10.2. The molecule has 1 aliphatic heterocycles. The Bertz CT molecular complexity index is 1010. The quantitative estimate of drug-likeness (QED) is 0.454. The monoisotopic (exact) mass is 429 g/mol. The molecule has 27 heavy (non-hydrogen) atoms. The van der Waals surface area contributed by atoms with Gasteiger partial charge in [-0.05, 0) is 36.4 Å². The fraction of sp³-hybridized carbons (Fsp3) is 0.0588. The molecular formula is C17H12BrN5O4. The lowest BCUT2D eigenvalue weighted by molar-refractivity contribution is -0.383. The summed E-state index contributed by atoms with van der Waals surface area (Å²) in [4.78, 5) is 19.2. The van der Waals surface area contributed by atoms with Crippen molar-refractivity contribution in [1.29, 1.82) is 0 Å². The van der Waals surface area contributed by atoms with Crippen LogP contribution in [0.2, 0.25) is 0 Å². The van der Waals surface area contributed by atoms with Gasteiger partial charge in [0.25, 0.3) is 0 Å². The molecule has 0 fully saturated rings. The molecule has 4 rings (SSSR count). The first-order chi connectivity index (χ1) is 13.1. The highest BCUT2D eigenvalue weighted by Crippen LogP contribution is 2.37. The van der Waals surface area contributed by atoms with Crippen LogP contribution in [-0.4, -0.2) is 21.7 Å². The number of hydrogen-bond donors (Lipinski definition) is 2. The maximum Gasteiger partial charge on any atom is 0.353 e. The van der Waals surface area contributed by atoms with Gasteiger partial charge in [-0.3, -0.25) is 10.1 Å². The van der Waals surface area contributed by atoms with E-state index in [1.54, 1.807) is 30.3 Å². The first-order valence-electron chi connectivity index (χ1n) is 7.79. The highest BCUT2D eigenvalue weighted by molar-refractivity contribution is 9.10. The molecule has 2 aromatic carbocycles. The van der Waals surface area contributed by atoms with Crippen molar-refractivity contribution in [3.05, 3.63) is 63.4 Å². The minimum Gasteiger partial charge on any atom is -0.454 e. The summed E-state index contributed by atoms with van der Waals surface area (Å²) >= 11 is 3.35. The summed E-state index contributed by atoms with van der Waals surface area (Å²) in [5.74, 6) is 1.33. The van der Waals surface area contributed by atoms with E-state index in [4.69, 9.17) is 9.47 Å². The molecular weight excluding hydrogens is 418 g/mol. The number of rotatable bonds is 5. The summed E-state index contributed by atoms with van der Waals surface area (Å²) < 4.78 is 11.5. The topological polar surface area (TPSA) is 111 Å². The van der Waals surface area contributed by atoms with Crippen LogP contribution in [0.3, 0.4) is 0 Å². The number of nitrogens with one attached hydrogen (secondary N) is 2. The third-order valence-electron chi connectivity index (χ3n) is 3.75. The van der Waals surface area contributed by atoms with Crippen molar-refractivity contribution in [3.8, 4) is 11.5 Å². The van der Waals surface area contributed by atoms with Crippen molar-refractivity contribution >= 4 is 44.6 Å². The summed E-state index contributed by atoms with van der Waals surface area (Å²) in [5.41, 5.74) is 0.975. The molecule has 0 saturated carbocycles. The highest BCUT2D eigenvalue weighted by Gasteiger charge is 2.24. The number of anilines is 4. The van der Waals surface area contributed by atoms with Crippen LogP contribution in [0.25, 0.3) is 0 Å². The third-order valence-corrected chi connectivity index (χ3v) is 4.28. The van der Waals surface area contributed by atoms with Crippen LogP contribution >= 0.6 is 15.9 Å². The van der Waals surface area contributed by atoms with E-state index in [9.17, 15) is 10.1 Å². The molecule has 3 aromatic rings. The largest absolute Gasteiger partial charge is 0.454 e. The molecule has 9 nitrogen and oxygen atoms in total. The number of fused-ring (bicyclic) bond motifs is 1. The molecule has 10 heteroatoms. The van der Waals surface area contributed by atoms with Crippen molar-refractivity contribution in [1.82, 2.24) is 9.97 Å². The third kappa shape index (κ3) is 3.60. The fourth-order valence-corrected chi connectivity index (χ4v) is 2.78. The van der Waals surface area contributed by atoms with Gasteiger partial charge < -0.3 is 20.1 Å². The first-order valence-corrected chi connectivity index (χ1v) is 8.58. The van der Waals surface area contributed by atoms with Crippen LogP contribution in [0, 0.1) is 10.1 Å². The molecule has 0 aliphatic carbocycles. The Balaban J connectivity index is 1.66. The Morgan fingerprint density at radius 1 is 0.963 bits per heavy atom. The molecule has 2 N–H and O–H groups in total. The molecule has 1 aromatic heterocycles. The van der Waals surface area contributed by atoms with Gasteiger partial charge in [0.05, 0.1) is 4.92 Å². The predicted molar refractivity (Wildman–Crippen MR) is 102 cm³/mol. The van der Waals surface area contributed by atoms with E-state index in [0.29, 0.717) is 22.9 Å². The number of nitro groups is 1. The molecule has 0 spiro atoms. The lowest BCUT2D eigenvalue weighted by Crippen LogP contribution is -2.05. The molecule has 0 unspecified atom stereocenters. The second kappa shape index (κ2) is 7.08. The first kappa shape index (κ1) is 17.0. The van der Waals surface area contributed by atoms with E-state index >= 15 is 0 Å². The Hall–Kier alpha value is -3.40. The van der Waals surface area contributed by atoms with E-state index in [1.165, 1.54) is 6.33 Å². The van der Waals surface area contributed by atoms with E-state index in [0.717, 1.165) is 4.47 Å². The number of halogens is 1. The van der Waals surface area contributed by atoms with E-state index < -0.39 is 4.92 Å². The second-order valence-corrected chi connectivity index (χ2v) is 6.42. The van der Waals surface area contributed by atoms with Crippen molar-refractivity contribution in [3.63, 3.8) is 0 Å². The second-order valence-electron chi connectivity index (χ2n) is 5.50. The zero-order chi connectivity index (χ0) is 18.8. The standard InChI is InChI=1S/C17H12BrN5O4/c18-10-1-3-11(4-2-10)21-16-15(23(24)25)17(20-8-19-16)22-12-5-6-13-14(7-12)27-9-26-13/h1-8H,9H2,(H2,19,20,21,22). The van der Waals surface area contributed by atoms with E-state index in [-0.39, 0.29) is 24.1 Å². The van der Waals surface area contributed by atoms with Gasteiger partial charge in [-0.15, -0.1) is 0 Å². The van der Waals surface area contributed by atoms with Gasteiger partial charge in [-0.1, -0.05) is 15.9 Å². The SMILES string of the molecule is O=[N+]([O-])c1c(Nc2ccc(Br)cc2)ncnc1Nc1ccc2c(c1)OCO2. The van der Waals surface area contributed by atoms with E-state index in [1.807, 2.05) is 12.1 Å². The average Bonchev–Trinajstić information content (AvgIpc) is 3.11. The number of ether oxygens (including phenoxy) is 2. The van der Waals surface area contributed by atoms with Crippen molar-refractivity contribution in [2.75, 3.05) is 17.4 Å². The average molecular weight is 430 g/mol. The summed E-state index contributed by atoms with van der Waals surface area (Å²) in [6.07, 6.45) is 1.25. The number of nitrogens with zero attached hydrogens (tertiary/aromatic N) is 3. The number of hydrogen-bond acceptors (Lipinski definition) is 8. The van der Waals surface area contributed by atoms with Gasteiger partial charge in [0.15, 0.2) is 11.5 Å². The van der Waals surface area contributed by atoms with Crippen LogP contribution in [0.15, 0.2) is 53.3 Å². The van der Waals surface area contributed by atoms with Crippen molar-refractivity contribution in [2.24, 2.45) is 0 Å². The predicted octanol–water partition coefficient (Wildman–Crippen LogP) is 4.36. The molecule has 136 valence electrons. The van der Waals surface area contributed by atoms with Crippen LogP contribution in [0.4, 0.5) is 28.7 Å². The zero-order valence-electron chi connectivity index (χ0n) is 13.7. The van der Waals surface area contributed by atoms with Gasteiger partial charge >= 0.3 is 5.69 Å². The normalized spacial score (nSPS) is 11.9. The molecule has 0 bridgehead atoms. The maximum absolute atomic E-state index is 11.7. The minimum atomic E-state index is -0.531. The van der Waals surface area contributed by atoms with Gasteiger partial charge in [0, 0.05) is 21.9 Å². The van der Waals surface area contributed by atoms with Crippen LogP contribution < -0.4 is 20.1 Å². The number of benzene rings is 2. The molecule has 0 saturated heterocycles. The minimum absolute atomic E-state index is 0.0634. The molecule has 1 aliphatic rings. The zero-order valence-corrected chi connectivity index (χ0v) is 15.3. The summed E-state index contributed by atoms with van der Waals surface area (Å²) in [7, 11) is 0. The fourth-order valence-electron chi connectivity index (χ4n) is 2.52. The van der Waals surface area contributed by atoms with Gasteiger partial charge in [0.1, 0.15) is 6.33 Å². The van der Waals surface area contributed by atoms with Crippen molar-refractivity contribution < 1.29 is 14.4 Å². The Morgan fingerprint density at radius 3 is 2.30 bits per heavy atom. The maximum atomic E-state index is 11.7. The Labute approximate surface area is 161 Å². The van der Waals surface area contributed by atoms with Crippen LogP contribution in [0.1, 0.15) is 0 Å². The highest BCUT2D eigenvalue weighted by atomic mass is 79.9. The van der Waals surface area contributed by atoms with Crippen molar-refractivity contribution in [2.45, 2.75) is 0 Å². The Kier molecular flexibility index (Phi) is 4.47. The van der Waals surface area contributed by atoms with Gasteiger partial charge in [0.2, 0.25) is 18.4 Å². The lowest BCUT2D eigenvalue weighted by Gasteiger charge is -2.10. The van der Waals surface area contributed by atoms with Gasteiger partial charge in [-0.25, -0.2) is 9.97 Å². The summed E-state index contributed by atoms with van der Waals surface area (Å²) in [6.45, 7) is 0.147. The molecule has 2 heterocycles. The molecule has 0 atom stereocenters. The van der Waals surface area contributed by atoms with Gasteiger partial charge in [-0.2, -0.15) is 0 Å². The van der Waals surface area contributed by atoms with E-state index in [2.05, 4.69) is 36.5 Å². The summed E-state index contributed by atoms with van der Waals surface area (Å²) in [5, 5.41) is 17.6.